The van der Waals surface area contributed by atoms with Gasteiger partial charge < -0.3 is 15.1 Å². The van der Waals surface area contributed by atoms with Gasteiger partial charge in [-0.3, -0.25) is 4.79 Å². The Morgan fingerprint density at radius 2 is 2.05 bits per heavy atom. The van der Waals surface area contributed by atoms with Crippen LogP contribution in [0.2, 0.25) is 0 Å². The molecule has 1 saturated carbocycles. The highest BCUT2D eigenvalue weighted by atomic mass is 32.2. The van der Waals surface area contributed by atoms with Gasteiger partial charge in [0.2, 0.25) is 11.1 Å². The molecule has 8 nitrogen and oxygen atoms in total. The molecule has 0 unspecified atom stereocenters. The Morgan fingerprint density at radius 1 is 1.37 bits per heavy atom. The number of tetrazole rings is 1. The number of carbonyl (C=O) groups is 1. The molecule has 1 aliphatic rings. The number of aliphatic hydroxyl groups excluding tert-OH is 2. The summed E-state index contributed by atoms with van der Waals surface area (Å²) in [6.45, 7) is 0.230. The van der Waals surface area contributed by atoms with E-state index in [1.165, 1.54) is 16.7 Å². The van der Waals surface area contributed by atoms with Gasteiger partial charge in [-0.25, -0.2) is 4.68 Å². The molecule has 19 heavy (non-hydrogen) atoms. The molecule has 1 aromatic heterocycles. The van der Waals surface area contributed by atoms with Crippen molar-refractivity contribution in [2.45, 2.75) is 24.0 Å². The topological polar surface area (TPSA) is 104 Å². The summed E-state index contributed by atoms with van der Waals surface area (Å²) in [5, 5.41) is 29.8. The van der Waals surface area contributed by atoms with Gasteiger partial charge in [0.1, 0.15) is 0 Å². The molecule has 0 saturated heterocycles. The summed E-state index contributed by atoms with van der Waals surface area (Å²) in [4.78, 5) is 13.3. The zero-order chi connectivity index (χ0) is 13.7. The molecule has 106 valence electrons. The molecule has 0 radical (unpaired) electrons. The Bertz CT molecular complexity index is 417. The quantitative estimate of drug-likeness (QED) is 0.586. The van der Waals surface area contributed by atoms with Crippen LogP contribution in [0.15, 0.2) is 5.16 Å². The first kappa shape index (κ1) is 14.2. The van der Waals surface area contributed by atoms with Gasteiger partial charge in [-0.2, -0.15) is 0 Å². The van der Waals surface area contributed by atoms with Crippen molar-refractivity contribution in [1.29, 1.82) is 0 Å². The van der Waals surface area contributed by atoms with Crippen molar-refractivity contribution >= 4 is 17.7 Å². The molecule has 0 aliphatic heterocycles. The molecular weight excluding hydrogens is 270 g/mol. The summed E-state index contributed by atoms with van der Waals surface area (Å²) in [6.07, 6.45) is 2.15. The smallest absolute Gasteiger partial charge is 0.233 e. The number of hydrogen-bond acceptors (Lipinski definition) is 7. The summed E-state index contributed by atoms with van der Waals surface area (Å²) >= 11 is 1.28. The van der Waals surface area contributed by atoms with E-state index in [2.05, 4.69) is 15.5 Å². The van der Waals surface area contributed by atoms with Crippen molar-refractivity contribution in [3.63, 3.8) is 0 Å². The lowest BCUT2D eigenvalue weighted by molar-refractivity contribution is -0.129. The van der Waals surface area contributed by atoms with Gasteiger partial charge in [0.05, 0.1) is 25.0 Å². The van der Waals surface area contributed by atoms with Crippen molar-refractivity contribution in [2.24, 2.45) is 0 Å². The number of aliphatic hydroxyl groups is 2. The molecule has 1 aromatic rings. The van der Waals surface area contributed by atoms with Gasteiger partial charge >= 0.3 is 0 Å². The normalized spacial score (nSPS) is 14.6. The predicted molar refractivity (Wildman–Crippen MR) is 67.6 cm³/mol. The van der Waals surface area contributed by atoms with Gasteiger partial charge in [0, 0.05) is 13.1 Å². The maximum absolute atomic E-state index is 11.9. The van der Waals surface area contributed by atoms with Crippen LogP contribution in [0.1, 0.15) is 18.9 Å². The van der Waals surface area contributed by atoms with Gasteiger partial charge in [0.25, 0.3) is 0 Å². The van der Waals surface area contributed by atoms with Crippen LogP contribution >= 0.6 is 11.8 Å². The zero-order valence-corrected chi connectivity index (χ0v) is 11.3. The van der Waals surface area contributed by atoms with Crippen molar-refractivity contribution in [2.75, 3.05) is 32.1 Å². The van der Waals surface area contributed by atoms with E-state index in [-0.39, 0.29) is 38.0 Å². The van der Waals surface area contributed by atoms with Gasteiger partial charge in [-0.1, -0.05) is 11.8 Å². The summed E-state index contributed by atoms with van der Waals surface area (Å²) in [6, 6.07) is 0.374. The Morgan fingerprint density at radius 3 is 2.63 bits per heavy atom. The lowest BCUT2D eigenvalue weighted by atomic mass is 10.4. The van der Waals surface area contributed by atoms with Crippen LogP contribution in [0, 0.1) is 0 Å². The highest BCUT2D eigenvalue weighted by molar-refractivity contribution is 7.99. The Hall–Kier alpha value is -1.19. The van der Waals surface area contributed by atoms with E-state index in [9.17, 15) is 4.79 Å². The van der Waals surface area contributed by atoms with Crippen LogP contribution in [0.5, 0.6) is 0 Å². The molecule has 2 rings (SSSR count). The van der Waals surface area contributed by atoms with E-state index in [1.54, 1.807) is 4.68 Å². The maximum atomic E-state index is 11.9. The first-order chi connectivity index (χ1) is 9.26. The number of nitrogens with zero attached hydrogens (tertiary/aromatic N) is 5. The zero-order valence-electron chi connectivity index (χ0n) is 10.5. The molecule has 0 bridgehead atoms. The minimum Gasteiger partial charge on any atom is -0.395 e. The van der Waals surface area contributed by atoms with E-state index in [1.807, 2.05) is 0 Å². The summed E-state index contributed by atoms with van der Waals surface area (Å²) < 4.78 is 1.75. The largest absolute Gasteiger partial charge is 0.395 e. The van der Waals surface area contributed by atoms with E-state index >= 15 is 0 Å². The molecule has 0 spiro atoms. The highest BCUT2D eigenvalue weighted by Crippen LogP contribution is 2.36. The van der Waals surface area contributed by atoms with Gasteiger partial charge in [0.15, 0.2) is 0 Å². The average Bonchev–Trinajstić information content (AvgIpc) is 3.15. The fraction of sp³-hybridized carbons (Fsp3) is 0.800. The number of rotatable bonds is 8. The number of hydrogen-bond donors (Lipinski definition) is 2. The van der Waals surface area contributed by atoms with Crippen LogP contribution in [0.25, 0.3) is 0 Å². The van der Waals surface area contributed by atoms with Crippen LogP contribution in [0.3, 0.4) is 0 Å². The van der Waals surface area contributed by atoms with Crippen molar-refractivity contribution < 1.29 is 15.0 Å². The summed E-state index contributed by atoms with van der Waals surface area (Å²) in [5.74, 6) is 0.0612. The van der Waals surface area contributed by atoms with Crippen molar-refractivity contribution in [3.8, 4) is 0 Å². The van der Waals surface area contributed by atoms with E-state index in [0.717, 1.165) is 12.8 Å². The summed E-state index contributed by atoms with van der Waals surface area (Å²) in [7, 11) is 0. The van der Waals surface area contributed by atoms with E-state index < -0.39 is 0 Å². The SMILES string of the molecule is O=C(CSc1nnnn1C1CC1)N(CCO)CCO. The lowest BCUT2D eigenvalue weighted by Crippen LogP contribution is -2.37. The first-order valence-electron chi connectivity index (χ1n) is 6.16. The molecule has 1 amide bonds. The molecule has 1 fully saturated rings. The number of carbonyl (C=O) groups excluding carboxylic acids is 1. The molecule has 1 aliphatic carbocycles. The van der Waals surface area contributed by atoms with Crippen molar-refractivity contribution in [3.05, 3.63) is 0 Å². The molecule has 2 N–H and O–H groups in total. The van der Waals surface area contributed by atoms with Crippen LogP contribution in [-0.2, 0) is 4.79 Å². The second-order valence-corrected chi connectivity index (χ2v) is 5.20. The van der Waals surface area contributed by atoms with Crippen molar-refractivity contribution in [1.82, 2.24) is 25.1 Å². The van der Waals surface area contributed by atoms with Crippen LogP contribution < -0.4 is 0 Å². The maximum Gasteiger partial charge on any atom is 0.233 e. The second kappa shape index (κ2) is 6.83. The van der Waals surface area contributed by atoms with Crippen LogP contribution in [-0.4, -0.2) is 73.3 Å². The molecule has 1 heterocycles. The Labute approximate surface area is 114 Å². The fourth-order valence-electron chi connectivity index (χ4n) is 1.65. The summed E-state index contributed by atoms with van der Waals surface area (Å²) in [5.41, 5.74) is 0. The predicted octanol–water partition coefficient (Wildman–Crippen LogP) is -1.09. The number of thioether (sulfide) groups is 1. The molecular formula is C10H17N5O3S. The Balaban J connectivity index is 1.86. The third kappa shape index (κ3) is 3.88. The van der Waals surface area contributed by atoms with Gasteiger partial charge in [-0.15, -0.1) is 5.10 Å². The molecule has 0 aromatic carbocycles. The third-order valence-electron chi connectivity index (χ3n) is 2.77. The minimum absolute atomic E-state index is 0.115. The average molecular weight is 287 g/mol. The number of aromatic nitrogens is 4. The lowest BCUT2D eigenvalue weighted by Gasteiger charge is -2.20. The molecule has 9 heteroatoms. The van der Waals surface area contributed by atoms with Gasteiger partial charge in [-0.05, 0) is 23.3 Å². The highest BCUT2D eigenvalue weighted by Gasteiger charge is 2.28. The fourth-order valence-corrected chi connectivity index (χ4v) is 2.50. The first-order valence-corrected chi connectivity index (χ1v) is 7.15. The third-order valence-corrected chi connectivity index (χ3v) is 3.69. The minimum atomic E-state index is -0.140. The standard InChI is InChI=1S/C10H17N5O3S/c16-5-3-14(4-6-17)9(18)7-19-10-11-12-13-15(10)8-1-2-8/h8,16-17H,1-7H2. The monoisotopic (exact) mass is 287 g/mol. The van der Waals surface area contributed by atoms with Crippen LogP contribution in [0.4, 0.5) is 0 Å². The Kier molecular flexibility index (Phi) is 5.11. The van der Waals surface area contributed by atoms with E-state index in [0.29, 0.717) is 11.2 Å². The number of amides is 1. The second-order valence-electron chi connectivity index (χ2n) is 4.25. The van der Waals surface area contributed by atoms with E-state index in [4.69, 9.17) is 10.2 Å². The molecule has 0 atom stereocenters.